The lowest BCUT2D eigenvalue weighted by Gasteiger charge is -2.09. The molecule has 1 heterocycles. The van der Waals surface area contributed by atoms with Crippen LogP contribution in [0.5, 0.6) is 5.75 Å². The summed E-state index contributed by atoms with van der Waals surface area (Å²) in [7, 11) is 0. The molecule has 0 saturated carbocycles. The normalized spacial score (nSPS) is 11.5. The molecule has 7 heteroatoms. The van der Waals surface area contributed by atoms with E-state index in [2.05, 4.69) is 4.98 Å². The first-order chi connectivity index (χ1) is 10.8. The van der Waals surface area contributed by atoms with E-state index in [1.54, 1.807) is 6.20 Å². The Morgan fingerprint density at radius 2 is 1.96 bits per heavy atom. The summed E-state index contributed by atoms with van der Waals surface area (Å²) >= 11 is 1.50. The number of Topliss-reactive ketones (excluding diaryl/α,β-unsaturated/α-hetero) is 1. The van der Waals surface area contributed by atoms with E-state index in [-0.39, 0.29) is 12.4 Å². The number of ether oxygens (including phenoxy) is 1. The minimum absolute atomic E-state index is 0.0790. The summed E-state index contributed by atoms with van der Waals surface area (Å²) in [6.07, 6.45) is -1.41. The first-order valence-corrected chi connectivity index (χ1v) is 7.89. The van der Waals surface area contributed by atoms with E-state index < -0.39 is 11.7 Å². The summed E-state index contributed by atoms with van der Waals surface area (Å²) in [4.78, 5) is 17.0. The lowest BCUT2D eigenvalue weighted by Crippen LogP contribution is -2.07. The molecule has 3 nitrogen and oxygen atoms in total. The third-order valence-electron chi connectivity index (χ3n) is 3.07. The standard InChI is InChI=1S/C16H16F3NO2S/c1-11-10-20-15(23-11)9-13(21)3-2-8-22-14-6-4-12(5-7-14)16(17,18)19/h4-7,10H,2-3,8-9H2,1H3. The Kier molecular flexibility index (Phi) is 5.76. The number of rotatable bonds is 7. The van der Waals surface area contributed by atoms with Gasteiger partial charge in [0.05, 0.1) is 18.6 Å². The van der Waals surface area contributed by atoms with Crippen molar-refractivity contribution in [1.29, 1.82) is 0 Å². The molecule has 0 unspecified atom stereocenters. The molecule has 0 aliphatic rings. The van der Waals surface area contributed by atoms with Crippen molar-refractivity contribution in [3.05, 3.63) is 45.9 Å². The third kappa shape index (κ3) is 5.67. The monoisotopic (exact) mass is 343 g/mol. The van der Waals surface area contributed by atoms with Crippen LogP contribution in [0.1, 0.15) is 28.3 Å². The summed E-state index contributed by atoms with van der Waals surface area (Å²) in [5.41, 5.74) is -0.709. The van der Waals surface area contributed by atoms with Crippen LogP contribution in [0.2, 0.25) is 0 Å². The average molecular weight is 343 g/mol. The number of nitrogens with zero attached hydrogens (tertiary/aromatic N) is 1. The molecule has 0 N–H and O–H groups in total. The molecule has 0 saturated heterocycles. The quantitative estimate of drug-likeness (QED) is 0.698. The van der Waals surface area contributed by atoms with Gasteiger partial charge in [0.15, 0.2) is 0 Å². The number of aryl methyl sites for hydroxylation is 1. The SMILES string of the molecule is Cc1cnc(CC(=O)CCCOc2ccc(C(F)(F)F)cc2)s1. The molecule has 23 heavy (non-hydrogen) atoms. The summed E-state index contributed by atoms with van der Waals surface area (Å²) in [5.74, 6) is 0.441. The average Bonchev–Trinajstić information content (AvgIpc) is 2.88. The highest BCUT2D eigenvalue weighted by atomic mass is 32.1. The van der Waals surface area contributed by atoms with Crippen molar-refractivity contribution in [2.24, 2.45) is 0 Å². The first kappa shape index (κ1) is 17.5. The second kappa shape index (κ2) is 7.59. The fraction of sp³-hybridized carbons (Fsp3) is 0.375. The van der Waals surface area contributed by atoms with Crippen LogP contribution in [0.3, 0.4) is 0 Å². The van der Waals surface area contributed by atoms with Crippen molar-refractivity contribution < 1.29 is 22.7 Å². The van der Waals surface area contributed by atoms with Gasteiger partial charge in [-0.3, -0.25) is 4.79 Å². The third-order valence-corrected chi connectivity index (χ3v) is 3.98. The molecule has 124 valence electrons. The maximum absolute atomic E-state index is 12.4. The predicted octanol–water partition coefficient (Wildman–Crippen LogP) is 4.44. The highest BCUT2D eigenvalue weighted by Gasteiger charge is 2.29. The molecule has 0 radical (unpaired) electrons. The number of carbonyl (C=O) groups excluding carboxylic acids is 1. The van der Waals surface area contributed by atoms with Gasteiger partial charge in [-0.05, 0) is 37.6 Å². The van der Waals surface area contributed by atoms with Gasteiger partial charge in [-0.15, -0.1) is 11.3 Å². The molecule has 2 aromatic rings. The highest BCUT2D eigenvalue weighted by molar-refractivity contribution is 7.11. The molecule has 2 rings (SSSR count). The van der Waals surface area contributed by atoms with Gasteiger partial charge < -0.3 is 4.74 Å². The zero-order valence-corrected chi connectivity index (χ0v) is 13.3. The van der Waals surface area contributed by atoms with E-state index in [0.29, 0.717) is 25.0 Å². The highest BCUT2D eigenvalue weighted by Crippen LogP contribution is 2.30. The molecule has 1 aromatic heterocycles. The number of thiazole rings is 1. The molecule has 0 aliphatic carbocycles. The Labute approximate surface area is 136 Å². The number of hydrogen-bond donors (Lipinski definition) is 0. The van der Waals surface area contributed by atoms with E-state index >= 15 is 0 Å². The molecular weight excluding hydrogens is 327 g/mol. The summed E-state index contributed by atoms with van der Waals surface area (Å²) in [6.45, 7) is 2.22. The Hall–Kier alpha value is -1.89. The minimum Gasteiger partial charge on any atom is -0.494 e. The second-order valence-corrected chi connectivity index (χ2v) is 6.37. The van der Waals surface area contributed by atoms with Crippen LogP contribution in [0, 0.1) is 6.92 Å². The number of alkyl halides is 3. The molecule has 0 atom stereocenters. The molecule has 0 bridgehead atoms. The molecule has 0 aliphatic heterocycles. The van der Waals surface area contributed by atoms with E-state index in [9.17, 15) is 18.0 Å². The van der Waals surface area contributed by atoms with Gasteiger partial charge in [-0.1, -0.05) is 0 Å². The second-order valence-electron chi connectivity index (χ2n) is 5.05. The van der Waals surface area contributed by atoms with Gasteiger partial charge in [0.2, 0.25) is 0 Å². The number of hydrogen-bond acceptors (Lipinski definition) is 4. The minimum atomic E-state index is -4.35. The molecule has 0 spiro atoms. The first-order valence-electron chi connectivity index (χ1n) is 7.07. The number of aromatic nitrogens is 1. The van der Waals surface area contributed by atoms with Gasteiger partial charge in [-0.2, -0.15) is 13.2 Å². The Bertz CT molecular complexity index is 650. The van der Waals surface area contributed by atoms with Crippen molar-refractivity contribution in [1.82, 2.24) is 4.98 Å². The fourth-order valence-corrected chi connectivity index (χ4v) is 2.76. The summed E-state index contributed by atoms with van der Waals surface area (Å²) < 4.78 is 42.6. The van der Waals surface area contributed by atoms with Gasteiger partial charge in [0.25, 0.3) is 0 Å². The van der Waals surface area contributed by atoms with Crippen LogP contribution in [0.15, 0.2) is 30.5 Å². The Morgan fingerprint density at radius 1 is 1.26 bits per heavy atom. The van der Waals surface area contributed by atoms with Crippen LogP contribution in [-0.2, 0) is 17.4 Å². The maximum Gasteiger partial charge on any atom is 0.416 e. The van der Waals surface area contributed by atoms with Crippen molar-refractivity contribution in [3.63, 3.8) is 0 Å². The smallest absolute Gasteiger partial charge is 0.416 e. The van der Waals surface area contributed by atoms with Crippen molar-refractivity contribution >= 4 is 17.1 Å². The topological polar surface area (TPSA) is 39.2 Å². The molecule has 0 amide bonds. The number of benzene rings is 1. The van der Waals surface area contributed by atoms with E-state index in [1.165, 1.54) is 23.5 Å². The number of ketones is 1. The van der Waals surface area contributed by atoms with Gasteiger partial charge in [-0.25, -0.2) is 4.98 Å². The summed E-state index contributed by atoms with van der Waals surface area (Å²) in [6, 6.07) is 4.52. The van der Waals surface area contributed by atoms with Crippen LogP contribution < -0.4 is 4.74 Å². The lowest BCUT2D eigenvalue weighted by atomic mass is 10.2. The van der Waals surface area contributed by atoms with Crippen LogP contribution in [0.25, 0.3) is 0 Å². The van der Waals surface area contributed by atoms with Crippen molar-refractivity contribution in [2.45, 2.75) is 32.4 Å². The van der Waals surface area contributed by atoms with Crippen molar-refractivity contribution in [3.8, 4) is 5.75 Å². The van der Waals surface area contributed by atoms with Crippen LogP contribution >= 0.6 is 11.3 Å². The van der Waals surface area contributed by atoms with Gasteiger partial charge >= 0.3 is 6.18 Å². The van der Waals surface area contributed by atoms with E-state index in [4.69, 9.17) is 4.74 Å². The van der Waals surface area contributed by atoms with E-state index in [0.717, 1.165) is 22.0 Å². The summed E-state index contributed by atoms with van der Waals surface area (Å²) in [5, 5.41) is 0.802. The van der Waals surface area contributed by atoms with Crippen LogP contribution in [0.4, 0.5) is 13.2 Å². The van der Waals surface area contributed by atoms with Crippen molar-refractivity contribution in [2.75, 3.05) is 6.61 Å². The molecule has 0 fully saturated rings. The fourth-order valence-electron chi connectivity index (χ4n) is 1.94. The zero-order chi connectivity index (χ0) is 16.9. The zero-order valence-electron chi connectivity index (χ0n) is 12.5. The molecular formula is C16H16F3NO2S. The predicted molar refractivity (Wildman–Crippen MR) is 81.7 cm³/mol. The van der Waals surface area contributed by atoms with Gasteiger partial charge in [0.1, 0.15) is 16.5 Å². The number of halogens is 3. The van der Waals surface area contributed by atoms with Gasteiger partial charge in [0, 0.05) is 17.5 Å². The Balaban J connectivity index is 1.70. The lowest BCUT2D eigenvalue weighted by molar-refractivity contribution is -0.137. The molecule has 1 aromatic carbocycles. The largest absolute Gasteiger partial charge is 0.494 e. The van der Waals surface area contributed by atoms with E-state index in [1.807, 2.05) is 6.92 Å². The maximum atomic E-state index is 12.4. The Morgan fingerprint density at radius 3 is 2.52 bits per heavy atom. The van der Waals surface area contributed by atoms with Crippen LogP contribution in [-0.4, -0.2) is 17.4 Å². The number of carbonyl (C=O) groups is 1.